The zero-order valence-corrected chi connectivity index (χ0v) is 10.4. The highest BCUT2D eigenvalue weighted by Gasteiger charge is 2.02. The summed E-state index contributed by atoms with van der Waals surface area (Å²) >= 11 is 1.68. The van der Waals surface area contributed by atoms with E-state index < -0.39 is 0 Å². The van der Waals surface area contributed by atoms with Crippen LogP contribution in [-0.4, -0.2) is 14.5 Å². The molecule has 86 valence electrons. The van der Waals surface area contributed by atoms with Crippen molar-refractivity contribution < 1.29 is 0 Å². The molecule has 0 saturated heterocycles. The van der Waals surface area contributed by atoms with Crippen LogP contribution in [0.1, 0.15) is 24.0 Å². The molecule has 0 unspecified atom stereocenters. The van der Waals surface area contributed by atoms with Gasteiger partial charge in [-0.1, -0.05) is 6.92 Å². The standard InChI is InChI=1S/C11H16N4S/c1-3-5-15-6-4-12-11(15)13-7-10-8-16-9(2)14-10/h4,6,8H,3,5,7H2,1-2H3,(H,12,13). The molecule has 5 heteroatoms. The first kappa shape index (κ1) is 11.1. The third-order valence-electron chi connectivity index (χ3n) is 2.27. The highest BCUT2D eigenvalue weighted by molar-refractivity contribution is 7.09. The first-order valence-electron chi connectivity index (χ1n) is 5.45. The molecule has 0 bridgehead atoms. The molecule has 0 spiro atoms. The average molecular weight is 236 g/mol. The van der Waals surface area contributed by atoms with E-state index in [1.807, 2.05) is 19.3 Å². The molecule has 0 saturated carbocycles. The Bertz CT molecular complexity index is 446. The van der Waals surface area contributed by atoms with Crippen LogP contribution in [0.5, 0.6) is 0 Å². The van der Waals surface area contributed by atoms with E-state index in [4.69, 9.17) is 0 Å². The van der Waals surface area contributed by atoms with E-state index in [9.17, 15) is 0 Å². The molecule has 2 aromatic heterocycles. The Labute approximate surface area is 99.4 Å². The Hall–Kier alpha value is -1.36. The Morgan fingerprint density at radius 2 is 2.38 bits per heavy atom. The summed E-state index contributed by atoms with van der Waals surface area (Å²) in [7, 11) is 0. The van der Waals surface area contributed by atoms with Gasteiger partial charge in [-0.05, 0) is 13.3 Å². The van der Waals surface area contributed by atoms with Gasteiger partial charge in [-0.25, -0.2) is 9.97 Å². The monoisotopic (exact) mass is 236 g/mol. The van der Waals surface area contributed by atoms with Crippen LogP contribution >= 0.6 is 11.3 Å². The number of aromatic nitrogens is 3. The van der Waals surface area contributed by atoms with Gasteiger partial charge >= 0.3 is 0 Å². The molecular formula is C11H16N4S. The van der Waals surface area contributed by atoms with Gasteiger partial charge in [-0.3, -0.25) is 0 Å². The highest BCUT2D eigenvalue weighted by Crippen LogP contribution is 2.11. The minimum atomic E-state index is 0.741. The zero-order valence-electron chi connectivity index (χ0n) is 9.60. The second-order valence-electron chi connectivity index (χ2n) is 3.66. The molecule has 2 rings (SSSR count). The van der Waals surface area contributed by atoms with Crippen molar-refractivity contribution in [2.75, 3.05) is 5.32 Å². The lowest BCUT2D eigenvalue weighted by molar-refractivity contribution is 0.681. The van der Waals surface area contributed by atoms with Gasteiger partial charge in [0.1, 0.15) is 0 Å². The summed E-state index contributed by atoms with van der Waals surface area (Å²) in [6, 6.07) is 0. The molecule has 0 aliphatic carbocycles. The summed E-state index contributed by atoms with van der Waals surface area (Å²) in [4.78, 5) is 8.69. The quantitative estimate of drug-likeness (QED) is 0.868. The molecule has 2 aromatic rings. The summed E-state index contributed by atoms with van der Waals surface area (Å²) in [5.74, 6) is 0.924. The molecule has 2 heterocycles. The van der Waals surface area contributed by atoms with Crippen LogP contribution in [0.4, 0.5) is 5.95 Å². The summed E-state index contributed by atoms with van der Waals surface area (Å²) in [6.07, 6.45) is 4.93. The van der Waals surface area contributed by atoms with E-state index in [0.717, 1.165) is 36.2 Å². The summed E-state index contributed by atoms with van der Waals surface area (Å²) in [6.45, 7) is 5.92. The van der Waals surface area contributed by atoms with E-state index >= 15 is 0 Å². The lowest BCUT2D eigenvalue weighted by Crippen LogP contribution is -2.07. The van der Waals surface area contributed by atoms with Crippen molar-refractivity contribution in [1.29, 1.82) is 0 Å². The maximum atomic E-state index is 4.40. The van der Waals surface area contributed by atoms with Gasteiger partial charge in [-0.2, -0.15) is 0 Å². The van der Waals surface area contributed by atoms with E-state index in [1.54, 1.807) is 11.3 Å². The number of nitrogens with zero attached hydrogens (tertiary/aromatic N) is 3. The SMILES string of the molecule is CCCn1ccnc1NCc1csc(C)n1. The van der Waals surface area contributed by atoms with Gasteiger partial charge in [0.15, 0.2) is 0 Å². The minimum Gasteiger partial charge on any atom is -0.350 e. The predicted octanol–water partition coefficient (Wildman–Crippen LogP) is 2.67. The van der Waals surface area contributed by atoms with Crippen LogP contribution in [-0.2, 0) is 13.1 Å². The van der Waals surface area contributed by atoms with E-state index in [1.165, 1.54) is 0 Å². The second kappa shape index (κ2) is 5.12. The Morgan fingerprint density at radius 1 is 1.50 bits per heavy atom. The molecule has 1 N–H and O–H groups in total. The van der Waals surface area contributed by atoms with Crippen LogP contribution in [0, 0.1) is 6.92 Å². The number of aryl methyl sites for hydroxylation is 2. The van der Waals surface area contributed by atoms with Crippen molar-refractivity contribution >= 4 is 17.3 Å². The van der Waals surface area contributed by atoms with Crippen LogP contribution in [0.2, 0.25) is 0 Å². The summed E-state index contributed by atoms with van der Waals surface area (Å²) in [5, 5.41) is 6.49. The van der Waals surface area contributed by atoms with Crippen molar-refractivity contribution in [3.8, 4) is 0 Å². The van der Waals surface area contributed by atoms with Crippen molar-refractivity contribution in [2.24, 2.45) is 0 Å². The Morgan fingerprint density at radius 3 is 3.06 bits per heavy atom. The van der Waals surface area contributed by atoms with Gasteiger partial charge in [-0.15, -0.1) is 11.3 Å². The Kier molecular flexibility index (Phi) is 3.56. The molecule has 16 heavy (non-hydrogen) atoms. The van der Waals surface area contributed by atoms with E-state index in [0.29, 0.717) is 0 Å². The normalized spacial score (nSPS) is 10.6. The number of thiazole rings is 1. The molecule has 0 amide bonds. The summed E-state index contributed by atoms with van der Waals surface area (Å²) < 4.78 is 2.12. The maximum absolute atomic E-state index is 4.40. The number of nitrogens with one attached hydrogen (secondary N) is 1. The maximum Gasteiger partial charge on any atom is 0.203 e. The lowest BCUT2D eigenvalue weighted by Gasteiger charge is -2.07. The number of rotatable bonds is 5. The van der Waals surface area contributed by atoms with E-state index in [2.05, 4.69) is 32.2 Å². The van der Waals surface area contributed by atoms with Gasteiger partial charge in [0, 0.05) is 24.3 Å². The van der Waals surface area contributed by atoms with Gasteiger partial charge < -0.3 is 9.88 Å². The van der Waals surface area contributed by atoms with Crippen LogP contribution in [0.25, 0.3) is 0 Å². The highest BCUT2D eigenvalue weighted by atomic mass is 32.1. The zero-order chi connectivity index (χ0) is 11.4. The van der Waals surface area contributed by atoms with Crippen molar-refractivity contribution in [2.45, 2.75) is 33.4 Å². The van der Waals surface area contributed by atoms with Crippen molar-refractivity contribution in [1.82, 2.24) is 14.5 Å². The molecule has 0 aliphatic heterocycles. The second-order valence-corrected chi connectivity index (χ2v) is 4.72. The third-order valence-corrected chi connectivity index (χ3v) is 3.10. The summed E-state index contributed by atoms with van der Waals surface area (Å²) in [5.41, 5.74) is 1.08. The third kappa shape index (κ3) is 2.61. The number of hydrogen-bond donors (Lipinski definition) is 1. The molecular weight excluding hydrogens is 220 g/mol. The minimum absolute atomic E-state index is 0.741. The average Bonchev–Trinajstić information content (AvgIpc) is 2.85. The number of anilines is 1. The first-order chi connectivity index (χ1) is 7.79. The molecule has 0 radical (unpaired) electrons. The lowest BCUT2D eigenvalue weighted by atomic mass is 10.4. The van der Waals surface area contributed by atoms with Crippen LogP contribution in [0.15, 0.2) is 17.8 Å². The fourth-order valence-corrected chi connectivity index (χ4v) is 2.17. The van der Waals surface area contributed by atoms with Crippen molar-refractivity contribution in [3.05, 3.63) is 28.5 Å². The molecule has 4 nitrogen and oxygen atoms in total. The van der Waals surface area contributed by atoms with Crippen LogP contribution in [0.3, 0.4) is 0 Å². The molecule has 0 fully saturated rings. The molecule has 0 aliphatic rings. The molecule has 0 atom stereocenters. The van der Waals surface area contributed by atoms with Gasteiger partial charge in [0.25, 0.3) is 0 Å². The largest absolute Gasteiger partial charge is 0.350 e. The van der Waals surface area contributed by atoms with Crippen molar-refractivity contribution in [3.63, 3.8) is 0 Å². The van der Waals surface area contributed by atoms with Gasteiger partial charge in [0.2, 0.25) is 5.95 Å². The fourth-order valence-electron chi connectivity index (χ4n) is 1.56. The first-order valence-corrected chi connectivity index (χ1v) is 6.33. The topological polar surface area (TPSA) is 42.7 Å². The van der Waals surface area contributed by atoms with Gasteiger partial charge in [0.05, 0.1) is 17.2 Å². The van der Waals surface area contributed by atoms with Crippen LogP contribution < -0.4 is 5.32 Å². The fraction of sp³-hybridized carbons (Fsp3) is 0.455. The Balaban J connectivity index is 1.96. The molecule has 0 aromatic carbocycles. The number of imidazole rings is 1. The smallest absolute Gasteiger partial charge is 0.203 e. The van der Waals surface area contributed by atoms with E-state index in [-0.39, 0.29) is 0 Å². The number of hydrogen-bond acceptors (Lipinski definition) is 4. The predicted molar refractivity (Wildman–Crippen MR) is 66.7 cm³/mol.